The predicted octanol–water partition coefficient (Wildman–Crippen LogP) is 3.22. The highest BCUT2D eigenvalue weighted by atomic mass is 19.1. The molecule has 0 radical (unpaired) electrons. The molecule has 1 saturated heterocycles. The summed E-state index contributed by atoms with van der Waals surface area (Å²) in [5.41, 5.74) is 1.87. The summed E-state index contributed by atoms with van der Waals surface area (Å²) in [6.45, 7) is 2.81. The van der Waals surface area contributed by atoms with Gasteiger partial charge in [-0.25, -0.2) is 8.78 Å². The fourth-order valence-corrected chi connectivity index (χ4v) is 3.65. The minimum absolute atomic E-state index is 0.0633. The molecule has 4 nitrogen and oxygen atoms in total. The van der Waals surface area contributed by atoms with E-state index >= 15 is 0 Å². The van der Waals surface area contributed by atoms with Crippen LogP contribution in [0.2, 0.25) is 0 Å². The molecule has 2 aliphatic rings. The number of benzene rings is 2. The van der Waals surface area contributed by atoms with E-state index < -0.39 is 0 Å². The lowest BCUT2D eigenvalue weighted by molar-refractivity contribution is -0.122. The Morgan fingerprint density at radius 3 is 2.63 bits per heavy atom. The van der Waals surface area contributed by atoms with Crippen molar-refractivity contribution in [3.8, 4) is 0 Å². The van der Waals surface area contributed by atoms with E-state index in [9.17, 15) is 13.6 Å². The summed E-state index contributed by atoms with van der Waals surface area (Å²) in [5, 5.41) is 2.84. The first kappa shape index (κ1) is 17.9. The maximum Gasteiger partial charge on any atom is 0.224 e. The first-order valence-electron chi connectivity index (χ1n) is 9.27. The van der Waals surface area contributed by atoms with Crippen LogP contribution >= 0.6 is 0 Å². The zero-order valence-corrected chi connectivity index (χ0v) is 15.0. The second-order valence-electron chi connectivity index (χ2n) is 7.07. The van der Waals surface area contributed by atoms with Gasteiger partial charge in [0.05, 0.1) is 18.9 Å². The Morgan fingerprint density at radius 1 is 1.11 bits per heavy atom. The summed E-state index contributed by atoms with van der Waals surface area (Å²) < 4.78 is 33.5. The van der Waals surface area contributed by atoms with Gasteiger partial charge in [0.25, 0.3) is 0 Å². The summed E-state index contributed by atoms with van der Waals surface area (Å²) in [6.07, 6.45) is 0.650. The molecule has 27 heavy (non-hydrogen) atoms. The number of morpholine rings is 1. The van der Waals surface area contributed by atoms with Crippen LogP contribution in [0.3, 0.4) is 0 Å². The molecule has 0 spiro atoms. The first-order valence-corrected chi connectivity index (χ1v) is 9.27. The highest BCUT2D eigenvalue weighted by Crippen LogP contribution is 2.48. The van der Waals surface area contributed by atoms with Crippen LogP contribution in [0.25, 0.3) is 0 Å². The lowest BCUT2D eigenvalue weighted by atomic mass is 10.1. The highest BCUT2D eigenvalue weighted by Gasteiger charge is 2.44. The molecule has 0 bridgehead atoms. The molecule has 142 valence electrons. The van der Waals surface area contributed by atoms with Gasteiger partial charge in [0, 0.05) is 25.6 Å². The summed E-state index contributed by atoms with van der Waals surface area (Å²) in [6, 6.07) is 11.6. The standard InChI is InChI=1S/C21H22F2N2O2/c22-18-4-2-1-3-15(18)16-12-17(16)21(26)24-13-14-5-6-20(19(23)11-14)25-7-9-27-10-8-25/h1-6,11,16-17H,7-10,12-13H2,(H,24,26)/t16-,17-/m1/s1. The molecular formula is C21H22F2N2O2. The molecule has 1 aliphatic carbocycles. The highest BCUT2D eigenvalue weighted by molar-refractivity contribution is 5.82. The van der Waals surface area contributed by atoms with Crippen molar-refractivity contribution in [2.75, 3.05) is 31.2 Å². The van der Waals surface area contributed by atoms with Crippen LogP contribution in [0.5, 0.6) is 0 Å². The predicted molar refractivity (Wildman–Crippen MR) is 98.5 cm³/mol. The first-order chi connectivity index (χ1) is 13.1. The molecule has 2 aromatic rings. The number of nitrogens with zero attached hydrogens (tertiary/aromatic N) is 1. The third-order valence-electron chi connectivity index (χ3n) is 5.26. The van der Waals surface area contributed by atoms with Gasteiger partial charge in [-0.05, 0) is 41.7 Å². The Kier molecular flexibility index (Phi) is 5.07. The molecule has 1 aliphatic heterocycles. The minimum atomic E-state index is -0.292. The van der Waals surface area contributed by atoms with Gasteiger partial charge in [-0.15, -0.1) is 0 Å². The third kappa shape index (κ3) is 3.95. The maximum atomic E-state index is 14.4. The van der Waals surface area contributed by atoms with Crippen LogP contribution in [-0.2, 0) is 16.1 Å². The average Bonchev–Trinajstić information content (AvgIpc) is 3.48. The van der Waals surface area contributed by atoms with Gasteiger partial charge in [-0.2, -0.15) is 0 Å². The zero-order chi connectivity index (χ0) is 18.8. The number of hydrogen-bond acceptors (Lipinski definition) is 3. The van der Waals surface area contributed by atoms with Crippen LogP contribution in [0.4, 0.5) is 14.5 Å². The van der Waals surface area contributed by atoms with E-state index in [1.165, 1.54) is 12.1 Å². The molecule has 0 aromatic heterocycles. The van der Waals surface area contributed by atoms with Gasteiger partial charge in [-0.1, -0.05) is 24.3 Å². The van der Waals surface area contributed by atoms with Gasteiger partial charge in [0.15, 0.2) is 0 Å². The molecular weight excluding hydrogens is 350 g/mol. The Hall–Kier alpha value is -2.47. The fourth-order valence-electron chi connectivity index (χ4n) is 3.65. The molecule has 1 N–H and O–H groups in total. The molecule has 1 amide bonds. The van der Waals surface area contributed by atoms with Crippen molar-refractivity contribution in [2.45, 2.75) is 18.9 Å². The van der Waals surface area contributed by atoms with E-state index in [4.69, 9.17) is 4.74 Å². The summed E-state index contributed by atoms with van der Waals surface area (Å²) in [7, 11) is 0. The largest absolute Gasteiger partial charge is 0.378 e. The number of nitrogens with one attached hydrogen (secondary N) is 1. The molecule has 6 heteroatoms. The van der Waals surface area contributed by atoms with Crippen molar-refractivity contribution in [1.82, 2.24) is 5.32 Å². The van der Waals surface area contributed by atoms with Gasteiger partial charge in [0.2, 0.25) is 5.91 Å². The zero-order valence-electron chi connectivity index (χ0n) is 15.0. The van der Waals surface area contributed by atoms with Crippen LogP contribution in [-0.4, -0.2) is 32.2 Å². The molecule has 2 aromatic carbocycles. The molecule has 1 heterocycles. The SMILES string of the molecule is O=C(NCc1ccc(N2CCOCC2)c(F)c1)[C@@H]1C[C@@H]1c1ccccc1F. The van der Waals surface area contributed by atoms with Gasteiger partial charge in [-0.3, -0.25) is 4.79 Å². The number of ether oxygens (including phenoxy) is 1. The average molecular weight is 372 g/mol. The second-order valence-corrected chi connectivity index (χ2v) is 7.07. The quantitative estimate of drug-likeness (QED) is 0.876. The number of amides is 1. The Labute approximate surface area is 157 Å². The van der Waals surface area contributed by atoms with E-state index in [1.807, 2.05) is 11.0 Å². The third-order valence-corrected chi connectivity index (χ3v) is 5.26. The van der Waals surface area contributed by atoms with Crippen molar-refractivity contribution in [3.63, 3.8) is 0 Å². The van der Waals surface area contributed by atoms with Crippen LogP contribution in [0.15, 0.2) is 42.5 Å². The molecule has 1 saturated carbocycles. The van der Waals surface area contributed by atoms with Crippen molar-refractivity contribution in [2.24, 2.45) is 5.92 Å². The number of carbonyl (C=O) groups excluding carboxylic acids is 1. The van der Waals surface area contributed by atoms with Crippen molar-refractivity contribution in [1.29, 1.82) is 0 Å². The summed E-state index contributed by atoms with van der Waals surface area (Å²) in [4.78, 5) is 14.3. The molecule has 4 rings (SSSR count). The van der Waals surface area contributed by atoms with Crippen LogP contribution < -0.4 is 10.2 Å². The maximum absolute atomic E-state index is 14.4. The van der Waals surface area contributed by atoms with Gasteiger partial charge in [0.1, 0.15) is 11.6 Å². The molecule has 0 unspecified atom stereocenters. The second kappa shape index (κ2) is 7.64. The number of hydrogen-bond donors (Lipinski definition) is 1. The van der Waals surface area contributed by atoms with Gasteiger partial charge < -0.3 is 15.0 Å². The van der Waals surface area contributed by atoms with Crippen LogP contribution in [0.1, 0.15) is 23.5 Å². The lowest BCUT2D eigenvalue weighted by Crippen LogP contribution is -2.36. The number of halogens is 2. The Morgan fingerprint density at radius 2 is 1.89 bits per heavy atom. The number of carbonyl (C=O) groups is 1. The lowest BCUT2D eigenvalue weighted by Gasteiger charge is -2.29. The summed E-state index contributed by atoms with van der Waals surface area (Å²) in [5.74, 6) is -0.940. The minimum Gasteiger partial charge on any atom is -0.378 e. The van der Waals surface area contributed by atoms with E-state index in [1.54, 1.807) is 24.3 Å². The monoisotopic (exact) mass is 372 g/mol. The van der Waals surface area contributed by atoms with Crippen LogP contribution in [0, 0.1) is 17.6 Å². The molecule has 2 fully saturated rings. The number of rotatable bonds is 5. The van der Waals surface area contributed by atoms with Gasteiger partial charge >= 0.3 is 0 Å². The van der Waals surface area contributed by atoms with Crippen molar-refractivity contribution in [3.05, 3.63) is 65.2 Å². The fraction of sp³-hybridized carbons (Fsp3) is 0.381. The van der Waals surface area contributed by atoms with E-state index in [0.717, 1.165) is 0 Å². The number of anilines is 1. The Bertz CT molecular complexity index is 837. The van der Waals surface area contributed by atoms with E-state index in [2.05, 4.69) is 5.32 Å². The normalized spacial score (nSPS) is 21.8. The summed E-state index contributed by atoms with van der Waals surface area (Å²) >= 11 is 0. The smallest absolute Gasteiger partial charge is 0.224 e. The Balaban J connectivity index is 1.33. The molecule has 2 atom stereocenters. The van der Waals surface area contributed by atoms with E-state index in [-0.39, 0.29) is 35.9 Å². The van der Waals surface area contributed by atoms with Crippen molar-refractivity contribution >= 4 is 11.6 Å². The van der Waals surface area contributed by atoms with Crippen molar-refractivity contribution < 1.29 is 18.3 Å². The van der Waals surface area contributed by atoms with E-state index in [0.29, 0.717) is 49.5 Å². The topological polar surface area (TPSA) is 41.6 Å².